The van der Waals surface area contributed by atoms with Crippen molar-refractivity contribution in [3.8, 4) is 0 Å². The fourth-order valence-electron chi connectivity index (χ4n) is 1.86. The van der Waals surface area contributed by atoms with Crippen LogP contribution < -0.4 is 16.4 Å². The number of hydrogen-bond donors (Lipinski definition) is 3. The minimum Gasteiger partial charge on any atom is -0.381 e. The molecular formula is C13H25N3O3. The Bertz CT molecular complexity index is 302. The number of nitrogens with one attached hydrogen (secondary N) is 2. The summed E-state index contributed by atoms with van der Waals surface area (Å²) in [5, 5.41) is 5.38. The van der Waals surface area contributed by atoms with Gasteiger partial charge in [0.05, 0.1) is 12.6 Å². The molecule has 0 bridgehead atoms. The highest BCUT2D eigenvalue weighted by molar-refractivity contribution is 5.87. The van der Waals surface area contributed by atoms with Crippen molar-refractivity contribution in [1.82, 2.24) is 10.6 Å². The summed E-state index contributed by atoms with van der Waals surface area (Å²) in [6.45, 7) is 5.91. The molecule has 1 saturated heterocycles. The summed E-state index contributed by atoms with van der Waals surface area (Å²) in [5.74, 6) is 0.0867. The van der Waals surface area contributed by atoms with Crippen LogP contribution in [0.15, 0.2) is 0 Å². The Morgan fingerprint density at radius 3 is 2.47 bits per heavy atom. The molecule has 6 heteroatoms. The second kappa shape index (κ2) is 8.12. The van der Waals surface area contributed by atoms with Crippen molar-refractivity contribution in [2.75, 3.05) is 26.3 Å². The highest BCUT2D eigenvalue weighted by Crippen LogP contribution is 2.12. The minimum absolute atomic E-state index is 0.0114. The second-order valence-electron chi connectivity index (χ2n) is 5.35. The van der Waals surface area contributed by atoms with Gasteiger partial charge in [-0.1, -0.05) is 13.8 Å². The average molecular weight is 271 g/mol. The third-order valence-electron chi connectivity index (χ3n) is 3.37. The number of rotatable bonds is 6. The molecule has 1 rings (SSSR count). The van der Waals surface area contributed by atoms with Gasteiger partial charge in [0.15, 0.2) is 0 Å². The maximum absolute atomic E-state index is 11.6. The molecule has 1 atom stereocenters. The number of ether oxygens (including phenoxy) is 1. The molecule has 6 nitrogen and oxygen atoms in total. The van der Waals surface area contributed by atoms with E-state index in [4.69, 9.17) is 10.5 Å². The molecule has 0 aliphatic carbocycles. The lowest BCUT2D eigenvalue weighted by atomic mass is 10.0. The minimum atomic E-state index is -0.566. The summed E-state index contributed by atoms with van der Waals surface area (Å²) < 4.78 is 5.25. The van der Waals surface area contributed by atoms with E-state index in [2.05, 4.69) is 10.6 Å². The van der Waals surface area contributed by atoms with Crippen LogP contribution in [0, 0.1) is 11.8 Å². The lowest BCUT2D eigenvalue weighted by Crippen LogP contribution is -2.47. The van der Waals surface area contributed by atoms with Crippen LogP contribution in [0.1, 0.15) is 26.7 Å². The van der Waals surface area contributed by atoms with Crippen molar-refractivity contribution < 1.29 is 14.3 Å². The lowest BCUT2D eigenvalue weighted by Gasteiger charge is -2.22. The second-order valence-corrected chi connectivity index (χ2v) is 5.35. The Morgan fingerprint density at radius 1 is 1.26 bits per heavy atom. The third-order valence-corrected chi connectivity index (χ3v) is 3.37. The Balaban J connectivity index is 2.15. The zero-order valence-electron chi connectivity index (χ0n) is 11.8. The van der Waals surface area contributed by atoms with Crippen molar-refractivity contribution in [2.24, 2.45) is 17.6 Å². The van der Waals surface area contributed by atoms with Crippen LogP contribution in [-0.4, -0.2) is 44.2 Å². The van der Waals surface area contributed by atoms with Gasteiger partial charge in [-0.3, -0.25) is 9.59 Å². The number of nitrogens with two attached hydrogens (primary N) is 1. The molecule has 4 N–H and O–H groups in total. The molecule has 1 heterocycles. The van der Waals surface area contributed by atoms with Crippen molar-refractivity contribution >= 4 is 11.8 Å². The van der Waals surface area contributed by atoms with Gasteiger partial charge in [0.2, 0.25) is 11.8 Å². The summed E-state index contributed by atoms with van der Waals surface area (Å²) in [6.07, 6.45) is 1.95. The molecule has 0 unspecified atom stereocenters. The van der Waals surface area contributed by atoms with Crippen molar-refractivity contribution in [2.45, 2.75) is 32.7 Å². The molecular weight excluding hydrogens is 246 g/mol. The molecule has 0 aromatic heterocycles. The molecule has 0 radical (unpaired) electrons. The molecule has 0 aromatic carbocycles. The van der Waals surface area contributed by atoms with Gasteiger partial charge in [-0.05, 0) is 24.7 Å². The topological polar surface area (TPSA) is 93.5 Å². The van der Waals surface area contributed by atoms with Crippen LogP contribution in [0.2, 0.25) is 0 Å². The summed E-state index contributed by atoms with van der Waals surface area (Å²) in [5.41, 5.74) is 5.68. The largest absolute Gasteiger partial charge is 0.381 e. The fourth-order valence-corrected chi connectivity index (χ4v) is 1.86. The van der Waals surface area contributed by atoms with Gasteiger partial charge >= 0.3 is 0 Å². The van der Waals surface area contributed by atoms with E-state index >= 15 is 0 Å². The number of hydrogen-bond acceptors (Lipinski definition) is 4. The van der Waals surface area contributed by atoms with E-state index in [1.165, 1.54) is 0 Å². The Kier molecular flexibility index (Phi) is 6.80. The van der Waals surface area contributed by atoms with E-state index in [-0.39, 0.29) is 24.3 Å². The molecule has 1 aliphatic heterocycles. The third kappa shape index (κ3) is 6.02. The highest BCUT2D eigenvalue weighted by Gasteiger charge is 2.18. The van der Waals surface area contributed by atoms with Gasteiger partial charge < -0.3 is 21.1 Å². The maximum Gasteiger partial charge on any atom is 0.239 e. The van der Waals surface area contributed by atoms with Crippen LogP contribution in [0.3, 0.4) is 0 Å². The fraction of sp³-hybridized carbons (Fsp3) is 0.846. The summed E-state index contributed by atoms with van der Waals surface area (Å²) >= 11 is 0. The first-order valence-corrected chi connectivity index (χ1v) is 6.88. The molecule has 2 amide bonds. The van der Waals surface area contributed by atoms with Crippen LogP contribution >= 0.6 is 0 Å². The molecule has 0 saturated carbocycles. The quantitative estimate of drug-likeness (QED) is 0.614. The van der Waals surface area contributed by atoms with E-state index in [1.54, 1.807) is 0 Å². The molecule has 19 heavy (non-hydrogen) atoms. The zero-order chi connectivity index (χ0) is 14.3. The van der Waals surface area contributed by atoms with Gasteiger partial charge in [0, 0.05) is 19.8 Å². The zero-order valence-corrected chi connectivity index (χ0v) is 11.8. The summed E-state index contributed by atoms with van der Waals surface area (Å²) in [6, 6.07) is -0.566. The molecule has 110 valence electrons. The van der Waals surface area contributed by atoms with Crippen molar-refractivity contribution in [3.05, 3.63) is 0 Å². The summed E-state index contributed by atoms with van der Waals surface area (Å²) in [4.78, 5) is 23.1. The predicted octanol–water partition coefficient (Wildman–Crippen LogP) is -0.371. The SMILES string of the molecule is CC(C)[C@H](N)C(=O)NCC(=O)NCC1CCOCC1. The number of carbonyl (C=O) groups is 2. The van der Waals surface area contributed by atoms with Crippen molar-refractivity contribution in [1.29, 1.82) is 0 Å². The van der Waals surface area contributed by atoms with Gasteiger partial charge in [0.1, 0.15) is 0 Å². The Morgan fingerprint density at radius 2 is 1.89 bits per heavy atom. The van der Waals surface area contributed by atoms with Crippen LogP contribution in [-0.2, 0) is 14.3 Å². The molecule has 0 aromatic rings. The Hall–Kier alpha value is -1.14. The van der Waals surface area contributed by atoms with E-state index in [0.29, 0.717) is 12.5 Å². The van der Waals surface area contributed by atoms with Crippen LogP contribution in [0.5, 0.6) is 0 Å². The normalized spacial score (nSPS) is 18.1. The van der Waals surface area contributed by atoms with Gasteiger partial charge in [0.25, 0.3) is 0 Å². The smallest absolute Gasteiger partial charge is 0.239 e. The first-order valence-electron chi connectivity index (χ1n) is 6.88. The van der Waals surface area contributed by atoms with Gasteiger partial charge in [-0.15, -0.1) is 0 Å². The van der Waals surface area contributed by atoms with E-state index < -0.39 is 6.04 Å². The lowest BCUT2D eigenvalue weighted by molar-refractivity contribution is -0.127. The molecule has 1 fully saturated rings. The van der Waals surface area contributed by atoms with Gasteiger partial charge in [-0.2, -0.15) is 0 Å². The predicted molar refractivity (Wildman–Crippen MR) is 72.4 cm³/mol. The van der Waals surface area contributed by atoms with E-state index in [9.17, 15) is 9.59 Å². The Labute approximate surface area is 114 Å². The average Bonchev–Trinajstić information content (AvgIpc) is 2.42. The standard InChI is InChI=1S/C13H25N3O3/c1-9(2)12(14)13(18)16-8-11(17)15-7-10-3-5-19-6-4-10/h9-10,12H,3-8,14H2,1-2H3,(H,15,17)(H,16,18)/t12-/m0/s1. The van der Waals surface area contributed by atoms with Crippen LogP contribution in [0.4, 0.5) is 0 Å². The molecule has 1 aliphatic rings. The summed E-state index contributed by atoms with van der Waals surface area (Å²) in [7, 11) is 0. The van der Waals surface area contributed by atoms with Crippen molar-refractivity contribution in [3.63, 3.8) is 0 Å². The monoisotopic (exact) mass is 271 g/mol. The van der Waals surface area contributed by atoms with E-state index in [1.807, 2.05) is 13.8 Å². The first kappa shape index (κ1) is 15.9. The first-order chi connectivity index (χ1) is 9.00. The maximum atomic E-state index is 11.6. The molecule has 0 spiro atoms. The number of carbonyl (C=O) groups excluding carboxylic acids is 2. The highest BCUT2D eigenvalue weighted by atomic mass is 16.5. The van der Waals surface area contributed by atoms with E-state index in [0.717, 1.165) is 26.1 Å². The number of amides is 2. The van der Waals surface area contributed by atoms with Crippen LogP contribution in [0.25, 0.3) is 0 Å². The van der Waals surface area contributed by atoms with Gasteiger partial charge in [-0.25, -0.2) is 0 Å².